The number of halogens is 1. The zero-order valence-electron chi connectivity index (χ0n) is 10.2. The van der Waals surface area contributed by atoms with Gasteiger partial charge in [0.1, 0.15) is 0 Å². The van der Waals surface area contributed by atoms with Gasteiger partial charge in [0.25, 0.3) is 11.8 Å². The first kappa shape index (κ1) is 14.2. The molecule has 1 N–H and O–H groups in total. The minimum absolute atomic E-state index is 0.244. The van der Waals surface area contributed by atoms with E-state index in [1.54, 1.807) is 12.1 Å². The van der Waals surface area contributed by atoms with Gasteiger partial charge in [-0.1, -0.05) is 12.1 Å². The van der Waals surface area contributed by atoms with Crippen LogP contribution in [0.5, 0.6) is 0 Å². The summed E-state index contributed by atoms with van der Waals surface area (Å²) in [7, 11) is 0. The third kappa shape index (κ3) is 2.55. The predicted molar refractivity (Wildman–Crippen MR) is 68.4 cm³/mol. The second kappa shape index (κ2) is 5.42. The van der Waals surface area contributed by atoms with Crippen molar-refractivity contribution in [2.45, 2.75) is 6.42 Å². The van der Waals surface area contributed by atoms with Crippen LogP contribution in [-0.2, 0) is 9.59 Å². The topological polar surface area (TPSA) is 91.8 Å². The van der Waals surface area contributed by atoms with Crippen molar-refractivity contribution in [2.75, 3.05) is 6.54 Å². The van der Waals surface area contributed by atoms with Crippen LogP contribution >= 0.6 is 11.6 Å². The van der Waals surface area contributed by atoms with E-state index in [0.717, 1.165) is 4.90 Å². The molecule has 0 saturated carbocycles. The van der Waals surface area contributed by atoms with Crippen molar-refractivity contribution < 1.29 is 24.3 Å². The lowest BCUT2D eigenvalue weighted by Gasteiger charge is -2.18. The van der Waals surface area contributed by atoms with Crippen molar-refractivity contribution in [2.24, 2.45) is 5.92 Å². The molecule has 20 heavy (non-hydrogen) atoms. The van der Waals surface area contributed by atoms with Gasteiger partial charge < -0.3 is 5.11 Å². The van der Waals surface area contributed by atoms with Crippen molar-refractivity contribution in [3.63, 3.8) is 0 Å². The Balaban J connectivity index is 2.23. The summed E-state index contributed by atoms with van der Waals surface area (Å²) in [4.78, 5) is 46.8. The van der Waals surface area contributed by atoms with E-state index in [0.29, 0.717) is 0 Å². The number of carbonyl (C=O) groups excluding carboxylic acids is 3. The fourth-order valence-corrected chi connectivity index (χ4v) is 2.20. The standard InChI is InChI=1S/C13H10ClNO5/c14-11(18)7(5-10(16)17)6-15-12(19)8-3-1-2-4-9(8)13(15)20/h1-4,7H,5-6H2,(H,16,17). The minimum atomic E-state index is -1.22. The first-order chi connectivity index (χ1) is 9.41. The average molecular weight is 296 g/mol. The summed E-state index contributed by atoms with van der Waals surface area (Å²) in [5, 5.41) is 7.83. The van der Waals surface area contributed by atoms with E-state index in [1.165, 1.54) is 12.1 Å². The van der Waals surface area contributed by atoms with E-state index in [2.05, 4.69) is 0 Å². The maximum Gasteiger partial charge on any atom is 0.304 e. The summed E-state index contributed by atoms with van der Waals surface area (Å²) >= 11 is 5.32. The molecule has 0 aliphatic carbocycles. The van der Waals surface area contributed by atoms with Crippen LogP contribution in [-0.4, -0.2) is 39.6 Å². The number of benzene rings is 1. The molecule has 2 rings (SSSR count). The van der Waals surface area contributed by atoms with E-state index in [9.17, 15) is 19.2 Å². The fourth-order valence-electron chi connectivity index (χ4n) is 2.05. The third-order valence-corrected chi connectivity index (χ3v) is 3.33. The zero-order valence-corrected chi connectivity index (χ0v) is 11.0. The van der Waals surface area contributed by atoms with Crippen molar-refractivity contribution in [1.29, 1.82) is 0 Å². The first-order valence-electron chi connectivity index (χ1n) is 5.78. The maximum absolute atomic E-state index is 12.1. The molecule has 1 aliphatic rings. The molecule has 0 saturated heterocycles. The Kier molecular flexibility index (Phi) is 3.85. The average Bonchev–Trinajstić information content (AvgIpc) is 2.63. The molecule has 7 heteroatoms. The summed E-state index contributed by atoms with van der Waals surface area (Å²) in [6, 6.07) is 6.25. The van der Waals surface area contributed by atoms with Crippen molar-refractivity contribution in [3.8, 4) is 0 Å². The number of carbonyl (C=O) groups is 4. The number of rotatable bonds is 5. The number of hydrogen-bond donors (Lipinski definition) is 1. The SMILES string of the molecule is O=C(O)CC(CN1C(=O)c2ccccc2C1=O)C(=O)Cl. The molecule has 1 aromatic rings. The second-order valence-electron chi connectivity index (χ2n) is 4.37. The number of amides is 2. The highest BCUT2D eigenvalue weighted by molar-refractivity contribution is 6.64. The molecule has 1 aromatic carbocycles. The Morgan fingerprint density at radius 2 is 1.65 bits per heavy atom. The van der Waals surface area contributed by atoms with Gasteiger partial charge in [0, 0.05) is 6.54 Å². The number of carboxylic acid groups (broad SMARTS) is 1. The van der Waals surface area contributed by atoms with Gasteiger partial charge in [0.05, 0.1) is 23.5 Å². The largest absolute Gasteiger partial charge is 0.481 e. The molecule has 0 aromatic heterocycles. The lowest BCUT2D eigenvalue weighted by molar-refractivity contribution is -0.139. The number of imide groups is 1. The summed E-state index contributed by atoms with van der Waals surface area (Å²) in [6.45, 7) is -0.332. The van der Waals surface area contributed by atoms with Gasteiger partial charge in [-0.3, -0.25) is 24.1 Å². The van der Waals surface area contributed by atoms with E-state index in [4.69, 9.17) is 16.7 Å². The van der Waals surface area contributed by atoms with E-state index in [-0.39, 0.29) is 17.7 Å². The quantitative estimate of drug-likeness (QED) is 0.649. The van der Waals surface area contributed by atoms with Crippen LogP contribution in [0.3, 0.4) is 0 Å². The summed E-state index contributed by atoms with van der Waals surface area (Å²) in [5.41, 5.74) is 0.488. The lowest BCUT2D eigenvalue weighted by Crippen LogP contribution is -2.37. The van der Waals surface area contributed by atoms with Crippen LogP contribution in [0, 0.1) is 5.92 Å². The van der Waals surface area contributed by atoms with Crippen LogP contribution in [0.4, 0.5) is 0 Å². The van der Waals surface area contributed by atoms with E-state index >= 15 is 0 Å². The van der Waals surface area contributed by atoms with Crippen LogP contribution in [0.25, 0.3) is 0 Å². The first-order valence-corrected chi connectivity index (χ1v) is 6.16. The molecule has 1 heterocycles. The fraction of sp³-hybridized carbons (Fsp3) is 0.231. The highest BCUT2D eigenvalue weighted by Gasteiger charge is 2.37. The molecule has 6 nitrogen and oxygen atoms in total. The molecule has 0 bridgehead atoms. The van der Waals surface area contributed by atoms with Crippen LogP contribution in [0.1, 0.15) is 27.1 Å². The molecule has 1 atom stereocenters. The number of fused-ring (bicyclic) bond motifs is 1. The maximum atomic E-state index is 12.1. The Labute approximate surface area is 118 Å². The predicted octanol–water partition coefficient (Wildman–Crippen LogP) is 1.14. The van der Waals surface area contributed by atoms with Gasteiger partial charge in [-0.15, -0.1) is 0 Å². The summed E-state index contributed by atoms with van der Waals surface area (Å²) < 4.78 is 0. The molecule has 1 unspecified atom stereocenters. The molecule has 0 fully saturated rings. The molecule has 2 amide bonds. The summed E-state index contributed by atoms with van der Waals surface area (Å²) in [5.74, 6) is -3.42. The summed E-state index contributed by atoms with van der Waals surface area (Å²) in [6.07, 6.45) is -0.532. The van der Waals surface area contributed by atoms with Crippen LogP contribution in [0.2, 0.25) is 0 Å². The van der Waals surface area contributed by atoms with E-state index < -0.39 is 35.4 Å². The number of carboxylic acids is 1. The Bertz CT molecular complexity index is 578. The number of hydrogen-bond acceptors (Lipinski definition) is 4. The Morgan fingerprint density at radius 3 is 2.05 bits per heavy atom. The normalized spacial score (nSPS) is 15.2. The number of aliphatic carboxylic acids is 1. The second-order valence-corrected chi connectivity index (χ2v) is 4.74. The highest BCUT2D eigenvalue weighted by atomic mass is 35.5. The Hall–Kier alpha value is -2.21. The van der Waals surface area contributed by atoms with Gasteiger partial charge >= 0.3 is 5.97 Å². The lowest BCUT2D eigenvalue weighted by atomic mass is 10.1. The van der Waals surface area contributed by atoms with Gasteiger partial charge in [0.2, 0.25) is 5.24 Å². The number of nitrogens with zero attached hydrogens (tertiary/aromatic N) is 1. The molecular weight excluding hydrogens is 286 g/mol. The van der Waals surface area contributed by atoms with Gasteiger partial charge in [-0.25, -0.2) is 0 Å². The van der Waals surface area contributed by atoms with Gasteiger partial charge in [0.15, 0.2) is 0 Å². The third-order valence-electron chi connectivity index (χ3n) is 3.02. The van der Waals surface area contributed by atoms with Crippen molar-refractivity contribution in [1.82, 2.24) is 4.90 Å². The molecular formula is C13H10ClNO5. The Morgan fingerprint density at radius 1 is 1.15 bits per heavy atom. The van der Waals surface area contributed by atoms with Crippen molar-refractivity contribution in [3.05, 3.63) is 35.4 Å². The highest BCUT2D eigenvalue weighted by Crippen LogP contribution is 2.24. The van der Waals surface area contributed by atoms with Crippen molar-refractivity contribution >= 4 is 34.6 Å². The van der Waals surface area contributed by atoms with Gasteiger partial charge in [-0.05, 0) is 23.7 Å². The molecule has 0 radical (unpaired) electrons. The van der Waals surface area contributed by atoms with E-state index in [1.807, 2.05) is 0 Å². The molecule has 0 spiro atoms. The molecule has 1 aliphatic heterocycles. The van der Waals surface area contributed by atoms with Gasteiger partial charge in [-0.2, -0.15) is 0 Å². The van der Waals surface area contributed by atoms with Crippen LogP contribution in [0.15, 0.2) is 24.3 Å². The minimum Gasteiger partial charge on any atom is -0.481 e. The monoisotopic (exact) mass is 295 g/mol. The molecule has 104 valence electrons. The zero-order chi connectivity index (χ0) is 14.9. The smallest absolute Gasteiger partial charge is 0.304 e. The van der Waals surface area contributed by atoms with Crippen LogP contribution < -0.4 is 0 Å².